The van der Waals surface area contributed by atoms with Crippen molar-refractivity contribution < 1.29 is 0 Å². The number of fused-ring (bicyclic) bond motifs is 1. The van der Waals surface area contributed by atoms with E-state index in [9.17, 15) is 0 Å². The van der Waals surface area contributed by atoms with Crippen LogP contribution in [0.25, 0.3) is 22.2 Å². The minimum absolute atomic E-state index is 0.817. The van der Waals surface area contributed by atoms with Crippen LogP contribution >= 0.6 is 0 Å². The van der Waals surface area contributed by atoms with Gasteiger partial charge in [-0.05, 0) is 18.2 Å². The molecule has 3 aromatic carbocycles. The summed E-state index contributed by atoms with van der Waals surface area (Å²) < 4.78 is 0. The topological polar surface area (TPSA) is 25.8 Å². The molecule has 1 heterocycles. The summed E-state index contributed by atoms with van der Waals surface area (Å²) in [6.45, 7) is 0. The molecule has 0 N–H and O–H groups in total. The van der Waals surface area contributed by atoms with Crippen molar-refractivity contribution in [2.75, 3.05) is 0 Å². The van der Waals surface area contributed by atoms with Crippen LogP contribution < -0.4 is 0 Å². The second-order valence-corrected chi connectivity index (χ2v) is 5.42. The molecule has 0 aliphatic heterocycles. The highest BCUT2D eigenvalue weighted by Gasteiger charge is 2.10. The van der Waals surface area contributed by atoms with Gasteiger partial charge in [0.15, 0.2) is 0 Å². The molecule has 0 radical (unpaired) electrons. The highest BCUT2D eigenvalue weighted by molar-refractivity contribution is 5.90. The van der Waals surface area contributed by atoms with Gasteiger partial charge in [0.2, 0.25) is 0 Å². The van der Waals surface area contributed by atoms with Crippen LogP contribution in [0.1, 0.15) is 11.1 Å². The number of hydrogen-bond donors (Lipinski definition) is 0. The first-order valence-electron chi connectivity index (χ1n) is 7.80. The largest absolute Gasteiger partial charge is 0.150 e. The average Bonchev–Trinajstić information content (AvgIpc) is 2.67. The van der Waals surface area contributed by atoms with Gasteiger partial charge in [-0.3, -0.25) is 0 Å². The third-order valence-electron chi connectivity index (χ3n) is 3.82. The van der Waals surface area contributed by atoms with Crippen molar-refractivity contribution in [2.24, 2.45) is 0 Å². The molecule has 112 valence electrons. The van der Waals surface area contributed by atoms with Crippen molar-refractivity contribution in [3.63, 3.8) is 0 Å². The first-order valence-corrected chi connectivity index (χ1v) is 7.80. The van der Waals surface area contributed by atoms with Crippen LogP contribution in [0.3, 0.4) is 0 Å². The maximum absolute atomic E-state index is 4.44. The molecule has 0 aliphatic carbocycles. The molecular formula is C22H14N2. The quantitative estimate of drug-likeness (QED) is 0.476. The minimum atomic E-state index is 0.817. The molecule has 1 aromatic heterocycles. The van der Waals surface area contributed by atoms with E-state index < -0.39 is 0 Å². The monoisotopic (exact) mass is 306 g/mol. The minimum Gasteiger partial charge on any atom is -0.150 e. The summed E-state index contributed by atoms with van der Waals surface area (Å²) in [5, 5.41) is 9.82. The summed E-state index contributed by atoms with van der Waals surface area (Å²) >= 11 is 0. The van der Waals surface area contributed by atoms with Crippen LogP contribution in [0.15, 0.2) is 84.9 Å². The van der Waals surface area contributed by atoms with Gasteiger partial charge in [0.25, 0.3) is 0 Å². The van der Waals surface area contributed by atoms with Gasteiger partial charge in [-0.2, -0.15) is 0 Å². The molecule has 0 amide bonds. The van der Waals surface area contributed by atoms with E-state index in [0.29, 0.717) is 0 Å². The second kappa shape index (κ2) is 6.36. The fourth-order valence-corrected chi connectivity index (χ4v) is 2.63. The summed E-state index contributed by atoms with van der Waals surface area (Å²) in [4.78, 5) is 0. The molecule has 2 heteroatoms. The summed E-state index contributed by atoms with van der Waals surface area (Å²) in [5.41, 5.74) is 4.59. The van der Waals surface area contributed by atoms with Gasteiger partial charge >= 0.3 is 0 Å². The lowest BCUT2D eigenvalue weighted by Crippen LogP contribution is -1.95. The van der Waals surface area contributed by atoms with Crippen LogP contribution in [0.2, 0.25) is 0 Å². The zero-order valence-electron chi connectivity index (χ0n) is 13.0. The maximum atomic E-state index is 4.44. The second-order valence-electron chi connectivity index (χ2n) is 5.42. The van der Waals surface area contributed by atoms with Crippen molar-refractivity contribution in [3.05, 3.63) is 96.1 Å². The van der Waals surface area contributed by atoms with E-state index in [0.717, 1.165) is 33.3 Å². The Balaban J connectivity index is 1.96. The summed E-state index contributed by atoms with van der Waals surface area (Å²) in [7, 11) is 0. The molecule has 0 bridgehead atoms. The maximum Gasteiger partial charge on any atom is 0.109 e. The Bertz CT molecular complexity index is 1040. The molecule has 2 nitrogen and oxygen atoms in total. The van der Waals surface area contributed by atoms with E-state index >= 15 is 0 Å². The third kappa shape index (κ3) is 2.76. The van der Waals surface area contributed by atoms with Crippen molar-refractivity contribution >= 4 is 10.9 Å². The highest BCUT2D eigenvalue weighted by atomic mass is 15.1. The Labute approximate surface area is 140 Å². The molecule has 4 aromatic rings. The predicted molar refractivity (Wildman–Crippen MR) is 97.4 cm³/mol. The van der Waals surface area contributed by atoms with Gasteiger partial charge < -0.3 is 0 Å². The van der Waals surface area contributed by atoms with Crippen molar-refractivity contribution in [3.8, 4) is 23.1 Å². The van der Waals surface area contributed by atoms with Gasteiger partial charge in [0.1, 0.15) is 5.69 Å². The highest BCUT2D eigenvalue weighted by Crippen LogP contribution is 2.26. The smallest absolute Gasteiger partial charge is 0.109 e. The standard InChI is InChI=1S/C22H14N2/c1-3-9-17(10-4-1)15-16-20-19-13-7-8-14-21(19)23-24-22(20)18-11-5-2-6-12-18/h1-14H. The van der Waals surface area contributed by atoms with E-state index in [1.807, 2.05) is 84.9 Å². The van der Waals surface area contributed by atoms with Gasteiger partial charge in [-0.15, -0.1) is 10.2 Å². The SMILES string of the molecule is C(#Cc1c(-c2ccccc2)nnc2ccccc12)c1ccccc1. The zero-order chi connectivity index (χ0) is 16.2. The molecule has 0 atom stereocenters. The van der Waals surface area contributed by atoms with E-state index in [-0.39, 0.29) is 0 Å². The van der Waals surface area contributed by atoms with E-state index in [1.165, 1.54) is 0 Å². The number of hydrogen-bond acceptors (Lipinski definition) is 2. The molecule has 4 rings (SSSR count). The van der Waals surface area contributed by atoms with Gasteiger partial charge in [-0.25, -0.2) is 0 Å². The molecule has 0 fully saturated rings. The van der Waals surface area contributed by atoms with Gasteiger partial charge in [0, 0.05) is 16.5 Å². The average molecular weight is 306 g/mol. The first-order chi connectivity index (χ1) is 11.9. The molecular weight excluding hydrogens is 292 g/mol. The lowest BCUT2D eigenvalue weighted by atomic mass is 10.0. The fourth-order valence-electron chi connectivity index (χ4n) is 2.63. The normalized spacial score (nSPS) is 10.2. The Hall–Kier alpha value is -3.44. The molecule has 24 heavy (non-hydrogen) atoms. The van der Waals surface area contributed by atoms with Crippen molar-refractivity contribution in [2.45, 2.75) is 0 Å². The van der Waals surface area contributed by atoms with E-state index in [1.54, 1.807) is 0 Å². The number of aromatic nitrogens is 2. The summed E-state index contributed by atoms with van der Waals surface area (Å²) in [6.07, 6.45) is 0. The predicted octanol–water partition coefficient (Wildman–Crippen LogP) is 4.70. The fraction of sp³-hybridized carbons (Fsp3) is 0. The molecule has 0 aliphatic rings. The molecule has 0 spiro atoms. The Morgan fingerprint density at radius 3 is 2.04 bits per heavy atom. The molecule has 0 saturated carbocycles. The van der Waals surface area contributed by atoms with Crippen LogP contribution in [0, 0.1) is 11.8 Å². The lowest BCUT2D eigenvalue weighted by Gasteiger charge is -2.06. The van der Waals surface area contributed by atoms with Gasteiger partial charge in [0.05, 0.1) is 11.1 Å². The number of benzene rings is 3. The summed E-state index contributed by atoms with van der Waals surface area (Å²) in [5.74, 6) is 6.56. The lowest BCUT2D eigenvalue weighted by molar-refractivity contribution is 1.08. The number of rotatable bonds is 1. The van der Waals surface area contributed by atoms with Crippen LogP contribution in [0.5, 0.6) is 0 Å². The third-order valence-corrected chi connectivity index (χ3v) is 3.82. The molecule has 0 saturated heterocycles. The Morgan fingerprint density at radius 2 is 1.25 bits per heavy atom. The Morgan fingerprint density at radius 1 is 0.583 bits per heavy atom. The van der Waals surface area contributed by atoms with E-state index in [2.05, 4.69) is 22.0 Å². The molecule has 0 unspecified atom stereocenters. The van der Waals surface area contributed by atoms with Crippen molar-refractivity contribution in [1.29, 1.82) is 0 Å². The summed E-state index contributed by atoms with van der Waals surface area (Å²) in [6, 6.07) is 28.0. The van der Waals surface area contributed by atoms with E-state index in [4.69, 9.17) is 0 Å². The zero-order valence-corrected chi connectivity index (χ0v) is 13.0. The first kappa shape index (κ1) is 14.2. The van der Waals surface area contributed by atoms with Gasteiger partial charge in [-0.1, -0.05) is 78.6 Å². The van der Waals surface area contributed by atoms with Crippen LogP contribution in [0.4, 0.5) is 0 Å². The van der Waals surface area contributed by atoms with Crippen molar-refractivity contribution in [1.82, 2.24) is 10.2 Å². The van der Waals surface area contributed by atoms with Crippen LogP contribution in [-0.2, 0) is 0 Å². The number of nitrogens with zero attached hydrogens (tertiary/aromatic N) is 2. The van der Waals surface area contributed by atoms with Crippen LogP contribution in [-0.4, -0.2) is 10.2 Å². The Kier molecular flexibility index (Phi) is 3.75.